The van der Waals surface area contributed by atoms with E-state index in [-0.39, 0.29) is 29.3 Å². The third kappa shape index (κ3) is 3.50. The van der Waals surface area contributed by atoms with Crippen LogP contribution >= 0.6 is 8.25 Å². The SMILES string of the molecule is O=c1c2nc(-c3ccc(O)cc3)n([C@@H]3OC4CO[P+](=O)O[C@H]4[C@@H]3O)c2nc2[nH]c(-c3ccccc3)cn12. The fourth-order valence-electron chi connectivity index (χ4n) is 4.81. The minimum absolute atomic E-state index is 0.0218. The number of phenols is 1. The summed E-state index contributed by atoms with van der Waals surface area (Å²) in [6.07, 6.45) is -2.22. The van der Waals surface area contributed by atoms with Crippen LogP contribution in [0.4, 0.5) is 0 Å². The van der Waals surface area contributed by atoms with Gasteiger partial charge >= 0.3 is 8.25 Å². The average Bonchev–Trinajstić information content (AvgIpc) is 3.59. The van der Waals surface area contributed by atoms with Crippen LogP contribution in [0.1, 0.15) is 6.23 Å². The van der Waals surface area contributed by atoms with Gasteiger partial charge in [0.15, 0.2) is 23.5 Å². The van der Waals surface area contributed by atoms with Gasteiger partial charge in [-0.15, -0.1) is 9.05 Å². The van der Waals surface area contributed by atoms with Gasteiger partial charge in [-0.2, -0.15) is 4.98 Å². The summed E-state index contributed by atoms with van der Waals surface area (Å²) in [7, 11) is -2.38. The van der Waals surface area contributed by atoms with Crippen molar-refractivity contribution in [3.05, 3.63) is 71.1 Å². The fourth-order valence-corrected chi connectivity index (χ4v) is 5.60. The van der Waals surface area contributed by atoms with Gasteiger partial charge in [0.2, 0.25) is 5.78 Å². The van der Waals surface area contributed by atoms with E-state index in [9.17, 15) is 19.6 Å². The van der Waals surface area contributed by atoms with Gasteiger partial charge in [-0.1, -0.05) is 30.3 Å². The lowest BCUT2D eigenvalue weighted by atomic mass is 10.1. The number of aromatic amines is 1. The Hall–Kier alpha value is -3.93. The molecule has 0 bridgehead atoms. The Labute approximate surface area is 208 Å². The molecule has 12 nitrogen and oxygen atoms in total. The Balaban J connectivity index is 1.45. The highest BCUT2D eigenvalue weighted by molar-refractivity contribution is 7.33. The maximum Gasteiger partial charge on any atom is 0.697 e. The molecule has 13 heteroatoms. The van der Waals surface area contributed by atoms with E-state index in [0.717, 1.165) is 5.56 Å². The zero-order valence-corrected chi connectivity index (χ0v) is 19.9. The molecule has 2 fully saturated rings. The predicted molar refractivity (Wildman–Crippen MR) is 130 cm³/mol. The Kier molecular flexibility index (Phi) is 5.00. The molecule has 5 heterocycles. The van der Waals surface area contributed by atoms with Crippen LogP contribution in [-0.4, -0.2) is 59.1 Å². The van der Waals surface area contributed by atoms with Crippen molar-refractivity contribution < 1.29 is 28.6 Å². The van der Waals surface area contributed by atoms with Crippen molar-refractivity contribution >= 4 is 25.2 Å². The molecule has 2 aliphatic heterocycles. The molecular weight excluding hydrogens is 501 g/mol. The predicted octanol–water partition coefficient (Wildman–Crippen LogP) is 2.74. The highest BCUT2D eigenvalue weighted by Gasteiger charge is 2.55. The van der Waals surface area contributed by atoms with Crippen LogP contribution in [0.2, 0.25) is 0 Å². The molecule has 0 amide bonds. The number of H-pyrrole nitrogens is 1. The number of hydrogen-bond acceptors (Lipinski definition) is 9. The fraction of sp³-hybridized carbons (Fsp3) is 0.208. The van der Waals surface area contributed by atoms with E-state index in [1.54, 1.807) is 18.3 Å². The van der Waals surface area contributed by atoms with Crippen LogP contribution in [0.15, 0.2) is 65.6 Å². The zero-order chi connectivity index (χ0) is 25.3. The lowest BCUT2D eigenvalue weighted by Crippen LogP contribution is -2.37. The van der Waals surface area contributed by atoms with Crippen LogP contribution in [0.3, 0.4) is 0 Å². The number of aliphatic hydroxyl groups is 1. The Morgan fingerprint density at radius 1 is 1.05 bits per heavy atom. The number of fused-ring (bicyclic) bond motifs is 3. The molecule has 3 N–H and O–H groups in total. The molecule has 2 aromatic carbocycles. The summed E-state index contributed by atoms with van der Waals surface area (Å²) < 4.78 is 31.2. The van der Waals surface area contributed by atoms with Crippen LogP contribution < -0.4 is 5.56 Å². The Bertz CT molecular complexity index is 1730. The van der Waals surface area contributed by atoms with E-state index in [1.807, 2.05) is 30.3 Å². The first-order valence-corrected chi connectivity index (χ1v) is 12.6. The van der Waals surface area contributed by atoms with Gasteiger partial charge in [-0.3, -0.25) is 9.36 Å². The molecule has 7 rings (SSSR count). The molecule has 2 unspecified atom stereocenters. The van der Waals surface area contributed by atoms with Gasteiger partial charge in [0.1, 0.15) is 30.4 Å². The van der Waals surface area contributed by atoms with Crippen molar-refractivity contribution in [2.45, 2.75) is 24.5 Å². The Morgan fingerprint density at radius 3 is 2.62 bits per heavy atom. The van der Waals surface area contributed by atoms with Crippen molar-refractivity contribution in [1.29, 1.82) is 0 Å². The summed E-state index contributed by atoms with van der Waals surface area (Å²) >= 11 is 0. The van der Waals surface area contributed by atoms with Gasteiger partial charge in [0.25, 0.3) is 5.56 Å². The second-order valence-electron chi connectivity index (χ2n) is 8.81. The van der Waals surface area contributed by atoms with Gasteiger partial charge in [-0.25, -0.2) is 9.38 Å². The number of hydrogen-bond donors (Lipinski definition) is 3. The average molecular weight is 520 g/mol. The van der Waals surface area contributed by atoms with E-state index < -0.39 is 38.4 Å². The van der Waals surface area contributed by atoms with E-state index in [2.05, 4.69) is 9.97 Å². The van der Waals surface area contributed by atoms with E-state index in [1.165, 1.54) is 21.1 Å². The zero-order valence-electron chi connectivity index (χ0n) is 19.0. The van der Waals surface area contributed by atoms with E-state index >= 15 is 0 Å². The smallest absolute Gasteiger partial charge is 0.508 e. The minimum atomic E-state index is -2.38. The van der Waals surface area contributed by atoms with Crippen molar-refractivity contribution in [2.75, 3.05) is 6.61 Å². The highest BCUT2D eigenvalue weighted by Crippen LogP contribution is 2.44. The number of aromatic nitrogens is 5. The molecule has 186 valence electrons. The topological polar surface area (TPSA) is 153 Å². The monoisotopic (exact) mass is 520 g/mol. The first-order valence-electron chi connectivity index (χ1n) is 11.5. The first kappa shape index (κ1) is 22.3. The van der Waals surface area contributed by atoms with Crippen molar-refractivity contribution in [2.24, 2.45) is 0 Å². The number of aliphatic hydroxyl groups excluding tert-OH is 1. The van der Waals surface area contributed by atoms with Gasteiger partial charge in [0.05, 0.1) is 5.69 Å². The van der Waals surface area contributed by atoms with Crippen LogP contribution in [0.5, 0.6) is 5.75 Å². The van der Waals surface area contributed by atoms with Crippen LogP contribution in [0, 0.1) is 0 Å². The third-order valence-corrected chi connectivity index (χ3v) is 7.35. The summed E-state index contributed by atoms with van der Waals surface area (Å²) in [5.74, 6) is 0.635. The normalized spacial score (nSPS) is 24.6. The lowest BCUT2D eigenvalue weighted by molar-refractivity contribution is -0.0546. The number of aromatic hydroxyl groups is 1. The number of nitrogens with zero attached hydrogens (tertiary/aromatic N) is 4. The van der Waals surface area contributed by atoms with Crippen molar-refractivity contribution in [3.8, 4) is 28.4 Å². The molecule has 3 aromatic heterocycles. The second kappa shape index (κ2) is 8.30. The Morgan fingerprint density at radius 2 is 1.84 bits per heavy atom. The minimum Gasteiger partial charge on any atom is -0.508 e. The molecule has 0 spiro atoms. The molecule has 37 heavy (non-hydrogen) atoms. The largest absolute Gasteiger partial charge is 0.697 e. The number of imidazole rings is 2. The summed E-state index contributed by atoms with van der Waals surface area (Å²) in [4.78, 5) is 26.1. The second-order valence-corrected chi connectivity index (χ2v) is 9.73. The summed E-state index contributed by atoms with van der Waals surface area (Å²) in [5, 5.41) is 20.9. The van der Waals surface area contributed by atoms with Crippen LogP contribution in [-0.2, 0) is 18.3 Å². The lowest BCUT2D eigenvalue weighted by Gasteiger charge is -2.19. The van der Waals surface area contributed by atoms with Gasteiger partial charge < -0.3 is 19.9 Å². The molecule has 5 aromatic rings. The number of phenolic OH excluding ortho intramolecular Hbond substituents is 1. The standard InChI is InChI=1S/C24H18N5O7P/c30-14-8-6-13(7-9-14)20-26-17-21(29(20)23-18(31)19-16(35-23)11-34-37(33)36-19)27-24-25-15(10-28(24)22(17)32)12-4-2-1-3-5-12/h1-10,16,18-19,23,31H,11H2,(H-,25,26,27,30,32)/p+1/t16?,18-,19+,23+/m0/s1. The first-order chi connectivity index (χ1) is 18.0. The van der Waals surface area contributed by atoms with Gasteiger partial charge in [0, 0.05) is 16.3 Å². The summed E-state index contributed by atoms with van der Waals surface area (Å²) in [6.45, 7) is -0.0218. The van der Waals surface area contributed by atoms with Crippen LogP contribution in [0.25, 0.3) is 39.6 Å². The molecule has 2 saturated heterocycles. The molecular formula is C24H19N5O7P+. The molecule has 0 saturated carbocycles. The van der Waals surface area contributed by atoms with E-state index in [4.69, 9.17) is 18.8 Å². The number of nitrogens with one attached hydrogen (secondary N) is 1. The quantitative estimate of drug-likeness (QED) is 0.305. The number of rotatable bonds is 3. The number of ether oxygens (including phenoxy) is 1. The maximum absolute atomic E-state index is 13.6. The molecule has 2 aliphatic rings. The summed E-state index contributed by atoms with van der Waals surface area (Å²) in [6, 6.07) is 15.8. The maximum atomic E-state index is 13.6. The third-order valence-electron chi connectivity index (χ3n) is 6.58. The van der Waals surface area contributed by atoms with Crippen molar-refractivity contribution in [3.63, 3.8) is 0 Å². The van der Waals surface area contributed by atoms with Gasteiger partial charge in [-0.05, 0) is 29.8 Å². The number of benzene rings is 2. The highest BCUT2D eigenvalue weighted by atomic mass is 31.1. The summed E-state index contributed by atoms with van der Waals surface area (Å²) in [5.41, 5.74) is 1.96. The molecule has 0 radical (unpaired) electrons. The molecule has 0 aliphatic carbocycles. The molecule has 5 atom stereocenters. The van der Waals surface area contributed by atoms with E-state index in [0.29, 0.717) is 17.1 Å². The van der Waals surface area contributed by atoms with Crippen molar-refractivity contribution in [1.82, 2.24) is 23.9 Å².